The van der Waals surface area contributed by atoms with E-state index in [0.717, 1.165) is 5.69 Å². The van der Waals surface area contributed by atoms with E-state index in [9.17, 15) is 15.0 Å². The number of nitrogens with zero attached hydrogens (tertiary/aromatic N) is 2. The molecule has 1 aromatic heterocycles. The van der Waals surface area contributed by atoms with E-state index in [2.05, 4.69) is 5.10 Å². The van der Waals surface area contributed by atoms with Gasteiger partial charge in [-0.25, -0.2) is 4.68 Å². The van der Waals surface area contributed by atoms with E-state index in [1.54, 1.807) is 4.68 Å². The highest BCUT2D eigenvalue weighted by Crippen LogP contribution is 2.28. The highest BCUT2D eigenvalue weighted by molar-refractivity contribution is 8.01. The topological polar surface area (TPSA) is 75.4 Å². The molecule has 0 unspecified atom stereocenters. The molecule has 8 heteroatoms. The molecule has 0 saturated carbocycles. The molecule has 2 N–H and O–H groups in total. The molecule has 5 nitrogen and oxygen atoms in total. The number of phenolic OH excluding ortho intramolecular Hbond substituents is 2. The molecule has 0 amide bonds. The fourth-order valence-electron chi connectivity index (χ4n) is 1.96. The maximum atomic E-state index is 12.2. The van der Waals surface area contributed by atoms with Crippen molar-refractivity contribution in [1.29, 1.82) is 0 Å². The van der Waals surface area contributed by atoms with Crippen molar-refractivity contribution in [1.82, 2.24) is 9.78 Å². The van der Waals surface area contributed by atoms with Gasteiger partial charge in [0.2, 0.25) is 0 Å². The van der Waals surface area contributed by atoms with Crippen molar-refractivity contribution < 1.29 is 15.0 Å². The third kappa shape index (κ3) is 3.66. The van der Waals surface area contributed by atoms with Crippen LogP contribution in [0.5, 0.6) is 11.5 Å². The molecule has 0 fully saturated rings. The summed E-state index contributed by atoms with van der Waals surface area (Å²) in [6, 6.07) is 13.6. The van der Waals surface area contributed by atoms with Gasteiger partial charge in [-0.2, -0.15) is 0 Å². The minimum atomic E-state index is -0.310. The largest absolute Gasteiger partial charge is 0.504 e. The van der Waals surface area contributed by atoms with Crippen LogP contribution in [0.3, 0.4) is 0 Å². The van der Waals surface area contributed by atoms with Crippen molar-refractivity contribution in [3.05, 3.63) is 58.0 Å². The number of hydrogen-bond donors (Lipinski definition) is 2. The van der Waals surface area contributed by atoms with Crippen LogP contribution >= 0.6 is 35.3 Å². The average Bonchev–Trinajstić information content (AvgIpc) is 2.97. The Balaban J connectivity index is 1.72. The lowest BCUT2D eigenvalue weighted by Crippen LogP contribution is -2.02. The standard InChI is InChI=1S/C16H12N2O3S3/c19-12-7-6-10(8-13(12)20)14(21)9-23-15-17-18(16(22)24-15)11-4-2-1-3-5-11/h1-8,19-20H,9H2. The Kier molecular flexibility index (Phi) is 4.98. The smallest absolute Gasteiger partial charge is 0.184 e. The van der Waals surface area contributed by atoms with Gasteiger partial charge in [0.25, 0.3) is 0 Å². The van der Waals surface area contributed by atoms with Gasteiger partial charge in [-0.15, -0.1) is 5.10 Å². The summed E-state index contributed by atoms with van der Waals surface area (Å²) in [6.07, 6.45) is 0. The Hall–Kier alpha value is -2.16. The summed E-state index contributed by atoms with van der Waals surface area (Å²) < 4.78 is 2.97. The molecule has 122 valence electrons. The maximum Gasteiger partial charge on any atom is 0.184 e. The molecule has 1 heterocycles. The van der Waals surface area contributed by atoms with Crippen LogP contribution in [0.25, 0.3) is 5.69 Å². The first kappa shape index (κ1) is 16.7. The van der Waals surface area contributed by atoms with E-state index in [4.69, 9.17) is 12.2 Å². The summed E-state index contributed by atoms with van der Waals surface area (Å²) in [7, 11) is 0. The van der Waals surface area contributed by atoms with E-state index < -0.39 is 0 Å². The summed E-state index contributed by atoms with van der Waals surface area (Å²) in [4.78, 5) is 12.2. The number of hydrogen-bond acceptors (Lipinski definition) is 7. The lowest BCUT2D eigenvalue weighted by Gasteiger charge is -2.02. The van der Waals surface area contributed by atoms with E-state index in [1.807, 2.05) is 30.3 Å². The van der Waals surface area contributed by atoms with Crippen molar-refractivity contribution in [2.45, 2.75) is 4.34 Å². The normalized spacial score (nSPS) is 10.7. The third-order valence-corrected chi connectivity index (χ3v) is 5.52. The molecule has 0 bridgehead atoms. The number of para-hydroxylation sites is 1. The zero-order valence-electron chi connectivity index (χ0n) is 12.2. The van der Waals surface area contributed by atoms with Crippen molar-refractivity contribution >= 4 is 41.1 Å². The summed E-state index contributed by atoms with van der Waals surface area (Å²) >= 11 is 7.95. The zero-order chi connectivity index (χ0) is 17.1. The van der Waals surface area contributed by atoms with Crippen LogP contribution in [0.1, 0.15) is 10.4 Å². The SMILES string of the molecule is O=C(CSc1nn(-c2ccccc2)c(=S)s1)c1ccc(O)c(O)c1. The number of aromatic nitrogens is 2. The molecule has 0 spiro atoms. The molecule has 3 aromatic rings. The number of aromatic hydroxyl groups is 2. The van der Waals surface area contributed by atoms with Gasteiger partial charge in [0, 0.05) is 5.56 Å². The number of Topliss-reactive ketones (excluding diaryl/α,β-unsaturated/α-hetero) is 1. The zero-order valence-corrected chi connectivity index (χ0v) is 14.7. The predicted octanol–water partition coefficient (Wildman–Crippen LogP) is 4.05. The van der Waals surface area contributed by atoms with Crippen molar-refractivity contribution in [3.63, 3.8) is 0 Å². The summed E-state index contributed by atoms with van der Waals surface area (Å²) in [6.45, 7) is 0. The average molecular weight is 376 g/mol. The van der Waals surface area contributed by atoms with Gasteiger partial charge >= 0.3 is 0 Å². The Labute approximate surface area is 151 Å². The summed E-state index contributed by atoms with van der Waals surface area (Å²) in [5.74, 6) is -0.558. The number of carbonyl (C=O) groups is 1. The summed E-state index contributed by atoms with van der Waals surface area (Å²) in [5, 5.41) is 23.2. The Morgan fingerprint density at radius 1 is 1.17 bits per heavy atom. The molecular formula is C16H12N2O3S3. The molecule has 2 aromatic carbocycles. The lowest BCUT2D eigenvalue weighted by molar-refractivity contribution is 0.102. The molecular weight excluding hydrogens is 364 g/mol. The third-order valence-electron chi connectivity index (χ3n) is 3.15. The Morgan fingerprint density at radius 3 is 2.62 bits per heavy atom. The number of carbonyl (C=O) groups excluding carboxylic acids is 1. The van der Waals surface area contributed by atoms with Gasteiger partial charge in [0.05, 0.1) is 11.4 Å². The quantitative estimate of drug-likeness (QED) is 0.303. The number of rotatable bonds is 5. The van der Waals surface area contributed by atoms with Crippen molar-refractivity contribution in [2.75, 3.05) is 5.75 Å². The Morgan fingerprint density at radius 2 is 1.92 bits per heavy atom. The second-order valence-electron chi connectivity index (χ2n) is 4.80. The fraction of sp³-hybridized carbons (Fsp3) is 0.0625. The number of ketones is 1. The van der Waals surface area contributed by atoms with E-state index in [1.165, 1.54) is 41.3 Å². The van der Waals surface area contributed by atoms with Crippen LogP contribution in [-0.2, 0) is 0 Å². The second kappa shape index (κ2) is 7.16. The molecule has 0 aliphatic heterocycles. The van der Waals surface area contributed by atoms with Crippen LogP contribution in [0.2, 0.25) is 0 Å². The molecule has 24 heavy (non-hydrogen) atoms. The van der Waals surface area contributed by atoms with Gasteiger partial charge in [0.15, 0.2) is 25.6 Å². The number of phenols is 2. The monoisotopic (exact) mass is 376 g/mol. The maximum absolute atomic E-state index is 12.2. The van der Waals surface area contributed by atoms with Crippen LogP contribution < -0.4 is 0 Å². The van der Waals surface area contributed by atoms with Crippen LogP contribution in [-0.4, -0.2) is 31.5 Å². The molecule has 3 rings (SSSR count). The van der Waals surface area contributed by atoms with E-state index in [0.29, 0.717) is 13.9 Å². The molecule has 0 aliphatic rings. The minimum absolute atomic E-state index is 0.164. The summed E-state index contributed by atoms with van der Waals surface area (Å²) in [5.41, 5.74) is 1.21. The van der Waals surface area contributed by atoms with Crippen LogP contribution in [0.15, 0.2) is 52.9 Å². The number of benzene rings is 2. The first-order valence-corrected chi connectivity index (χ1v) is 9.09. The van der Waals surface area contributed by atoms with Gasteiger partial charge in [-0.1, -0.05) is 41.3 Å². The van der Waals surface area contributed by atoms with E-state index in [-0.39, 0.29) is 23.0 Å². The Bertz CT molecular complexity index is 935. The second-order valence-corrected chi connectivity index (χ2v) is 7.64. The van der Waals surface area contributed by atoms with Crippen molar-refractivity contribution in [2.24, 2.45) is 0 Å². The van der Waals surface area contributed by atoms with Gasteiger partial charge in [-0.3, -0.25) is 4.79 Å². The highest BCUT2D eigenvalue weighted by atomic mass is 32.2. The lowest BCUT2D eigenvalue weighted by atomic mass is 10.1. The molecule has 0 saturated heterocycles. The number of thioether (sulfide) groups is 1. The first-order chi connectivity index (χ1) is 11.5. The molecule has 0 radical (unpaired) electrons. The predicted molar refractivity (Wildman–Crippen MR) is 97.1 cm³/mol. The van der Waals surface area contributed by atoms with Crippen LogP contribution in [0, 0.1) is 3.95 Å². The molecule has 0 atom stereocenters. The van der Waals surface area contributed by atoms with E-state index >= 15 is 0 Å². The van der Waals surface area contributed by atoms with Gasteiger partial charge in [-0.05, 0) is 42.5 Å². The molecule has 0 aliphatic carbocycles. The first-order valence-electron chi connectivity index (χ1n) is 6.88. The van der Waals surface area contributed by atoms with Gasteiger partial charge < -0.3 is 10.2 Å². The van der Waals surface area contributed by atoms with Gasteiger partial charge in [0.1, 0.15) is 0 Å². The highest BCUT2D eigenvalue weighted by Gasteiger charge is 2.12. The fourth-order valence-corrected chi connectivity index (χ4v) is 4.21. The minimum Gasteiger partial charge on any atom is -0.504 e. The van der Waals surface area contributed by atoms with Crippen LogP contribution in [0.4, 0.5) is 0 Å². The van der Waals surface area contributed by atoms with Crippen molar-refractivity contribution in [3.8, 4) is 17.2 Å².